The van der Waals surface area contributed by atoms with E-state index in [4.69, 9.17) is 10.5 Å². The van der Waals surface area contributed by atoms with Gasteiger partial charge in [-0.1, -0.05) is 6.92 Å². The molecule has 0 aromatic carbocycles. The van der Waals surface area contributed by atoms with Gasteiger partial charge in [0, 0.05) is 38.3 Å². The van der Waals surface area contributed by atoms with E-state index in [1.165, 1.54) is 6.20 Å². The summed E-state index contributed by atoms with van der Waals surface area (Å²) < 4.78 is 5.41. The Morgan fingerprint density at radius 2 is 2.14 bits per heavy atom. The van der Waals surface area contributed by atoms with Crippen LogP contribution in [0.5, 0.6) is 0 Å². The zero-order valence-corrected chi connectivity index (χ0v) is 12.6. The molecule has 2 unspecified atom stereocenters. The van der Waals surface area contributed by atoms with Crippen LogP contribution in [0.4, 0.5) is 17.2 Å². The second-order valence-electron chi connectivity index (χ2n) is 5.96. The van der Waals surface area contributed by atoms with E-state index in [0.717, 1.165) is 39.4 Å². The van der Waals surface area contributed by atoms with Crippen LogP contribution in [0.15, 0.2) is 12.3 Å². The SMILES string of the molecule is CC1CN(c2cc(N)c([N+](=O)[O-])cn2)CC1N1CCOCC1. The van der Waals surface area contributed by atoms with Gasteiger partial charge in [0.05, 0.1) is 18.1 Å². The number of hydrogen-bond donors (Lipinski definition) is 1. The third kappa shape index (κ3) is 2.84. The molecule has 2 atom stereocenters. The highest BCUT2D eigenvalue weighted by molar-refractivity contribution is 5.62. The van der Waals surface area contributed by atoms with Gasteiger partial charge in [0.15, 0.2) is 0 Å². The lowest BCUT2D eigenvalue weighted by atomic mass is 10.0. The summed E-state index contributed by atoms with van der Waals surface area (Å²) >= 11 is 0. The van der Waals surface area contributed by atoms with Crippen molar-refractivity contribution in [3.8, 4) is 0 Å². The number of aromatic nitrogens is 1. The minimum Gasteiger partial charge on any atom is -0.393 e. The molecule has 1 aromatic heterocycles. The predicted octanol–water partition coefficient (Wildman–Crippen LogP) is 0.729. The predicted molar refractivity (Wildman–Crippen MR) is 82.9 cm³/mol. The number of rotatable bonds is 3. The summed E-state index contributed by atoms with van der Waals surface area (Å²) in [5.41, 5.74) is 5.79. The van der Waals surface area contributed by atoms with Gasteiger partial charge in [0.1, 0.15) is 17.7 Å². The van der Waals surface area contributed by atoms with Crippen molar-refractivity contribution < 1.29 is 9.66 Å². The lowest BCUT2D eigenvalue weighted by molar-refractivity contribution is -0.384. The first-order chi connectivity index (χ1) is 10.6. The standard InChI is InChI=1S/C14H21N5O3/c1-10-8-18(9-13(10)17-2-4-22-5-3-17)14-6-11(15)12(7-16-14)19(20)21/h6-7,10,13H,2-5,8-9H2,1H3,(H2,15,16). The fourth-order valence-electron chi connectivity index (χ4n) is 3.30. The van der Waals surface area contributed by atoms with Gasteiger partial charge in [-0.15, -0.1) is 0 Å². The Hall–Kier alpha value is -1.93. The number of nitrogens with zero attached hydrogens (tertiary/aromatic N) is 4. The molecule has 0 aliphatic carbocycles. The minimum atomic E-state index is -0.505. The molecular weight excluding hydrogens is 286 g/mol. The molecule has 0 saturated carbocycles. The molecule has 120 valence electrons. The van der Waals surface area contributed by atoms with Gasteiger partial charge in [0.25, 0.3) is 0 Å². The average Bonchev–Trinajstić information content (AvgIpc) is 2.89. The Morgan fingerprint density at radius 3 is 2.77 bits per heavy atom. The van der Waals surface area contributed by atoms with Crippen molar-refractivity contribution >= 4 is 17.2 Å². The highest BCUT2D eigenvalue weighted by atomic mass is 16.6. The van der Waals surface area contributed by atoms with Crippen LogP contribution in [-0.2, 0) is 4.74 Å². The van der Waals surface area contributed by atoms with E-state index in [1.807, 2.05) is 0 Å². The second kappa shape index (κ2) is 6.05. The quantitative estimate of drug-likeness (QED) is 0.649. The van der Waals surface area contributed by atoms with E-state index in [9.17, 15) is 10.1 Å². The maximum atomic E-state index is 10.8. The van der Waals surface area contributed by atoms with Crippen molar-refractivity contribution in [1.29, 1.82) is 0 Å². The molecule has 0 radical (unpaired) electrons. The number of ether oxygens (including phenoxy) is 1. The first-order valence-corrected chi connectivity index (χ1v) is 7.53. The van der Waals surface area contributed by atoms with Gasteiger partial charge in [-0.25, -0.2) is 4.98 Å². The van der Waals surface area contributed by atoms with Gasteiger partial charge in [0.2, 0.25) is 0 Å². The summed E-state index contributed by atoms with van der Waals surface area (Å²) in [5, 5.41) is 10.8. The molecule has 3 rings (SSSR count). The molecule has 2 aliphatic heterocycles. The zero-order valence-electron chi connectivity index (χ0n) is 12.6. The van der Waals surface area contributed by atoms with Crippen LogP contribution >= 0.6 is 0 Å². The van der Waals surface area contributed by atoms with Crippen molar-refractivity contribution in [3.63, 3.8) is 0 Å². The molecule has 2 aliphatic rings. The minimum absolute atomic E-state index is 0.138. The Balaban J connectivity index is 1.73. The highest BCUT2D eigenvalue weighted by Gasteiger charge is 2.35. The van der Waals surface area contributed by atoms with E-state index in [-0.39, 0.29) is 11.4 Å². The van der Waals surface area contributed by atoms with Crippen LogP contribution in [0.25, 0.3) is 0 Å². The number of pyridine rings is 1. The molecule has 2 fully saturated rings. The van der Waals surface area contributed by atoms with Crippen LogP contribution in [0.3, 0.4) is 0 Å². The van der Waals surface area contributed by atoms with Crippen molar-refractivity contribution in [2.24, 2.45) is 5.92 Å². The molecule has 2 N–H and O–H groups in total. The molecule has 2 saturated heterocycles. The second-order valence-corrected chi connectivity index (χ2v) is 5.96. The fraction of sp³-hybridized carbons (Fsp3) is 0.643. The molecule has 0 spiro atoms. The largest absolute Gasteiger partial charge is 0.393 e. The molecule has 3 heterocycles. The van der Waals surface area contributed by atoms with Crippen molar-refractivity contribution in [2.75, 3.05) is 50.0 Å². The average molecular weight is 307 g/mol. The smallest absolute Gasteiger partial charge is 0.310 e. The van der Waals surface area contributed by atoms with Crippen LogP contribution in [0.2, 0.25) is 0 Å². The normalized spacial score (nSPS) is 26.3. The number of anilines is 2. The summed E-state index contributed by atoms with van der Waals surface area (Å²) in [5.74, 6) is 1.22. The fourth-order valence-corrected chi connectivity index (χ4v) is 3.30. The Morgan fingerprint density at radius 1 is 1.41 bits per heavy atom. The van der Waals surface area contributed by atoms with Gasteiger partial charge in [-0.05, 0) is 5.92 Å². The molecule has 0 bridgehead atoms. The summed E-state index contributed by atoms with van der Waals surface area (Å²) in [6, 6.07) is 2.06. The summed E-state index contributed by atoms with van der Waals surface area (Å²) in [6.07, 6.45) is 1.25. The summed E-state index contributed by atoms with van der Waals surface area (Å²) in [7, 11) is 0. The van der Waals surface area contributed by atoms with Gasteiger partial charge < -0.3 is 15.4 Å². The lowest BCUT2D eigenvalue weighted by Crippen LogP contribution is -2.46. The maximum Gasteiger partial charge on any atom is 0.310 e. The first-order valence-electron chi connectivity index (χ1n) is 7.53. The van der Waals surface area contributed by atoms with Gasteiger partial charge >= 0.3 is 5.69 Å². The summed E-state index contributed by atoms with van der Waals surface area (Å²) in [4.78, 5) is 19.2. The van der Waals surface area contributed by atoms with E-state index in [0.29, 0.717) is 17.8 Å². The van der Waals surface area contributed by atoms with Crippen molar-refractivity contribution in [1.82, 2.24) is 9.88 Å². The van der Waals surface area contributed by atoms with Crippen LogP contribution in [-0.4, -0.2) is 60.2 Å². The molecule has 22 heavy (non-hydrogen) atoms. The van der Waals surface area contributed by atoms with Gasteiger partial charge in [-0.3, -0.25) is 15.0 Å². The molecular formula is C14H21N5O3. The van der Waals surface area contributed by atoms with E-state index >= 15 is 0 Å². The number of hydrogen-bond acceptors (Lipinski definition) is 7. The monoisotopic (exact) mass is 307 g/mol. The summed E-state index contributed by atoms with van der Waals surface area (Å²) in [6.45, 7) is 7.46. The van der Waals surface area contributed by atoms with Crippen molar-refractivity contribution in [2.45, 2.75) is 13.0 Å². The zero-order chi connectivity index (χ0) is 15.7. The highest BCUT2D eigenvalue weighted by Crippen LogP contribution is 2.30. The first kappa shape index (κ1) is 15.0. The van der Waals surface area contributed by atoms with E-state index in [2.05, 4.69) is 21.7 Å². The van der Waals surface area contributed by atoms with Crippen LogP contribution < -0.4 is 10.6 Å². The third-order valence-corrected chi connectivity index (χ3v) is 4.51. The number of morpholine rings is 1. The Bertz CT molecular complexity index is 561. The van der Waals surface area contributed by atoms with Gasteiger partial charge in [-0.2, -0.15) is 0 Å². The van der Waals surface area contributed by atoms with E-state index in [1.54, 1.807) is 6.07 Å². The third-order valence-electron chi connectivity index (χ3n) is 4.51. The van der Waals surface area contributed by atoms with E-state index < -0.39 is 4.92 Å². The maximum absolute atomic E-state index is 10.8. The Kier molecular flexibility index (Phi) is 4.12. The number of nitro groups is 1. The van der Waals surface area contributed by atoms with Crippen LogP contribution in [0.1, 0.15) is 6.92 Å². The molecule has 1 aromatic rings. The van der Waals surface area contributed by atoms with Crippen LogP contribution in [0, 0.1) is 16.0 Å². The number of nitrogen functional groups attached to an aromatic ring is 1. The lowest BCUT2D eigenvalue weighted by Gasteiger charge is -2.34. The molecule has 8 nitrogen and oxygen atoms in total. The number of nitrogens with two attached hydrogens (primary N) is 1. The topological polar surface area (TPSA) is 97.8 Å². The Labute approximate surface area is 129 Å². The molecule has 8 heteroatoms. The van der Waals surface area contributed by atoms with Crippen molar-refractivity contribution in [3.05, 3.63) is 22.4 Å². The molecule has 0 amide bonds.